The van der Waals surface area contributed by atoms with Crippen LogP contribution < -0.4 is 37.6 Å². The number of carboxylic acid groups (broad SMARTS) is 1. The molecule has 2 fully saturated rings. The summed E-state index contributed by atoms with van der Waals surface area (Å²) in [6.45, 7) is 5.76. The fourth-order valence-corrected chi connectivity index (χ4v) is 9.34. The molecule has 22 heteroatoms. The molecule has 0 bridgehead atoms. The van der Waals surface area contributed by atoms with E-state index in [1.54, 1.807) is 30.4 Å². The van der Waals surface area contributed by atoms with Crippen LogP contribution in [0.2, 0.25) is 0 Å². The Kier molecular flexibility index (Phi) is 22.5. The van der Waals surface area contributed by atoms with Crippen LogP contribution in [-0.2, 0) is 22.7 Å². The second-order valence-electron chi connectivity index (χ2n) is 19.8. The molecule has 0 aliphatic carbocycles. The number of benzene rings is 4. The Balaban J connectivity index is 0.000000225. The summed E-state index contributed by atoms with van der Waals surface area (Å²) < 4.78 is 18.3. The number of hydrogen-bond donors (Lipinski definition) is 4. The van der Waals surface area contributed by atoms with Crippen LogP contribution >= 0.6 is 12.4 Å². The van der Waals surface area contributed by atoms with E-state index < -0.39 is 5.97 Å². The number of ether oxygens (including phenoxy) is 2. The maximum atomic E-state index is 13.7. The minimum absolute atomic E-state index is 0. The van der Waals surface area contributed by atoms with Crippen LogP contribution in [0, 0.1) is 11.8 Å². The van der Waals surface area contributed by atoms with Crippen LogP contribution in [0.4, 0.5) is 11.6 Å². The molecule has 0 atom stereocenters. The summed E-state index contributed by atoms with van der Waals surface area (Å²) in [6, 6.07) is 33.7. The number of aromatic nitrogens is 8. The van der Waals surface area contributed by atoms with Crippen molar-refractivity contribution in [1.29, 1.82) is 0 Å². The predicted octanol–water partition coefficient (Wildman–Crippen LogP) is 7.52. The highest BCUT2D eigenvalue weighted by molar-refractivity contribution is 5.88. The van der Waals surface area contributed by atoms with Gasteiger partial charge in [-0.05, 0) is 152 Å². The molecule has 0 radical (unpaired) electrons. The molecule has 6 heterocycles. The van der Waals surface area contributed by atoms with Gasteiger partial charge in [0.15, 0.2) is 22.9 Å². The zero-order valence-electron chi connectivity index (χ0n) is 45.4. The quantitative estimate of drug-likeness (QED) is 0.0683. The van der Waals surface area contributed by atoms with Gasteiger partial charge in [-0.25, -0.2) is 34.3 Å². The van der Waals surface area contributed by atoms with Gasteiger partial charge in [-0.15, -0.1) is 12.4 Å². The third-order valence-electron chi connectivity index (χ3n) is 13.3. The first kappa shape index (κ1) is 61.6. The average Bonchev–Trinajstić information content (AvgIpc) is 4.08. The maximum Gasteiger partial charge on any atom is 0.335 e. The van der Waals surface area contributed by atoms with E-state index >= 15 is 0 Å². The molecule has 2 aliphatic rings. The number of piperidine rings is 2. The van der Waals surface area contributed by atoms with Gasteiger partial charge < -0.3 is 46.1 Å². The fraction of sp³-hybridized carbons (Fsp3) is 0.322. The normalized spacial score (nSPS) is 13.8. The number of carboxylic acids is 1. The van der Waals surface area contributed by atoms with Gasteiger partial charge in [0.1, 0.15) is 46.7 Å². The molecule has 428 valence electrons. The molecule has 81 heavy (non-hydrogen) atoms. The van der Waals surface area contributed by atoms with Gasteiger partial charge in [-0.3, -0.25) is 23.1 Å². The van der Waals surface area contributed by atoms with Crippen molar-refractivity contribution in [2.45, 2.75) is 46.2 Å². The lowest BCUT2D eigenvalue weighted by Crippen LogP contribution is -2.39. The van der Waals surface area contributed by atoms with Crippen LogP contribution in [-0.4, -0.2) is 137 Å². The lowest BCUT2D eigenvalue weighted by molar-refractivity contribution is -0.131. The van der Waals surface area contributed by atoms with E-state index in [4.69, 9.17) is 26.0 Å². The Bertz CT molecular complexity index is 3480. The Morgan fingerprint density at radius 3 is 1.41 bits per heavy atom. The van der Waals surface area contributed by atoms with Gasteiger partial charge in [0.25, 0.3) is 0 Å². The number of nitrogen functional groups attached to an aromatic ring is 2. The number of likely N-dealkylation sites (N-methyl/N-ethyl adjacent to an activating group) is 2. The van der Waals surface area contributed by atoms with E-state index in [0.717, 1.165) is 62.9 Å². The van der Waals surface area contributed by atoms with Crippen LogP contribution in [0.15, 0.2) is 156 Å². The second kappa shape index (κ2) is 29.5. The number of nitrogens with two attached hydrogens (primary N) is 2. The molecule has 8 aromatic rings. The third kappa shape index (κ3) is 16.3. The van der Waals surface area contributed by atoms with Crippen molar-refractivity contribution in [2.75, 3.05) is 78.9 Å². The van der Waals surface area contributed by atoms with E-state index in [1.807, 2.05) is 158 Å². The number of nitrogens with one attached hydrogen (secondary N) is 1. The van der Waals surface area contributed by atoms with Gasteiger partial charge in [-0.1, -0.05) is 56.0 Å². The van der Waals surface area contributed by atoms with Crippen LogP contribution in [0.3, 0.4) is 0 Å². The number of fused-ring (bicyclic) bond motifs is 2. The second-order valence-corrected chi connectivity index (χ2v) is 19.8. The number of nitrogens with zero attached hydrogens (tertiary/aromatic N) is 11. The summed E-state index contributed by atoms with van der Waals surface area (Å²) in [6.07, 6.45) is 12.7. The lowest BCUT2D eigenvalue weighted by atomic mass is 9.96. The molecule has 0 unspecified atom stereocenters. The van der Waals surface area contributed by atoms with Crippen molar-refractivity contribution in [3.63, 3.8) is 0 Å². The summed E-state index contributed by atoms with van der Waals surface area (Å²) in [7, 11) is 7.69. The van der Waals surface area contributed by atoms with Gasteiger partial charge in [0, 0.05) is 51.4 Å². The van der Waals surface area contributed by atoms with Crippen molar-refractivity contribution >= 4 is 58.2 Å². The number of anilines is 2. The fourth-order valence-electron chi connectivity index (χ4n) is 9.34. The number of carbonyl (C=O) groups excluding carboxylic acids is 1. The van der Waals surface area contributed by atoms with Gasteiger partial charge in [0.05, 0.1) is 11.4 Å². The van der Waals surface area contributed by atoms with Crippen LogP contribution in [0.1, 0.15) is 33.1 Å². The molecule has 0 saturated carbocycles. The highest BCUT2D eigenvalue weighted by Crippen LogP contribution is 2.29. The summed E-state index contributed by atoms with van der Waals surface area (Å²) in [5.74, 6) is 3.15. The average molecular weight is 1130 g/mol. The molecule has 2 saturated heterocycles. The van der Waals surface area contributed by atoms with E-state index in [2.05, 4.69) is 25.3 Å². The number of hydrogen-bond acceptors (Lipinski definition) is 15. The van der Waals surface area contributed by atoms with E-state index in [1.165, 1.54) is 12.7 Å². The van der Waals surface area contributed by atoms with Gasteiger partial charge in [-0.2, -0.15) is 0 Å². The molecule has 10 rings (SSSR count). The lowest BCUT2D eigenvalue weighted by Gasteiger charge is -2.31. The van der Waals surface area contributed by atoms with Crippen molar-refractivity contribution < 1.29 is 24.2 Å². The molecule has 0 spiro atoms. The van der Waals surface area contributed by atoms with E-state index in [9.17, 15) is 19.2 Å². The largest absolute Gasteiger partial charge is 0.478 e. The number of amides is 1. The van der Waals surface area contributed by atoms with Gasteiger partial charge in [0.2, 0.25) is 5.91 Å². The number of carbonyl (C=O) groups is 2. The minimum Gasteiger partial charge on any atom is -0.478 e. The number of aliphatic carboxylic acids is 1. The number of para-hydroxylation sites is 2. The molecular formula is C59H73ClN14O7. The molecule has 1 amide bonds. The Morgan fingerprint density at radius 2 is 1.00 bits per heavy atom. The monoisotopic (exact) mass is 1120 g/mol. The topological polar surface area (TPSA) is 252 Å². The van der Waals surface area contributed by atoms with Crippen molar-refractivity contribution in [1.82, 2.24) is 58.2 Å². The first-order chi connectivity index (χ1) is 38.2. The molecule has 4 aromatic carbocycles. The summed E-state index contributed by atoms with van der Waals surface area (Å²) >= 11 is 0. The van der Waals surface area contributed by atoms with Crippen molar-refractivity contribution in [2.24, 2.45) is 11.8 Å². The van der Waals surface area contributed by atoms with Crippen molar-refractivity contribution in [3.8, 4) is 34.4 Å². The zero-order valence-corrected chi connectivity index (χ0v) is 46.2. The Labute approximate surface area is 477 Å². The summed E-state index contributed by atoms with van der Waals surface area (Å²) in [4.78, 5) is 72.4. The minimum atomic E-state index is -0.892. The highest BCUT2D eigenvalue weighted by Gasteiger charge is 2.27. The van der Waals surface area contributed by atoms with E-state index in [-0.39, 0.29) is 54.7 Å². The number of likely N-dealkylation sites (tertiary alicyclic amines) is 1. The molecule has 4 aromatic heterocycles. The standard InChI is InChI=1S/C29H33N7O3.C23H24N6O2.C6H11NO2.CH4.ClH/c1-33(2)16-6-9-25(37)34-17-14-21(15-18-34)19-35-28-26(27(30)31-20-32-28)36(29(35)38)22-10-12-24(13-11-22)39-23-7-4-3-5-8-23;24-21-20-22(27-15-26-21)28(14-16-10-12-25-13-11-16)23(30)29(20)17-6-8-19(9-7-17)31-18-4-2-1-3-5-18;1-7(2)5-3-4-6(8)9;;/h3-13,20-21H,14-19H2,1-2H3,(H2,30,31,32);1-9,15-16,25H,10-14H2,(H2,24,26,27);3-4H,5H2,1-2H3,(H,8,9);1H4;1H/b9-6+;;4-3+;;. The Hall–Kier alpha value is -8.63. The number of imidazole rings is 2. The predicted molar refractivity (Wildman–Crippen MR) is 320 cm³/mol. The number of rotatable bonds is 16. The summed E-state index contributed by atoms with van der Waals surface area (Å²) in [5.41, 5.74) is 15.5. The maximum absolute atomic E-state index is 13.7. The molecule has 21 nitrogen and oxygen atoms in total. The Morgan fingerprint density at radius 1 is 0.605 bits per heavy atom. The molecule has 2 aliphatic heterocycles. The third-order valence-corrected chi connectivity index (χ3v) is 13.3. The van der Waals surface area contributed by atoms with Crippen molar-refractivity contribution in [3.05, 3.63) is 167 Å². The highest BCUT2D eigenvalue weighted by atomic mass is 35.5. The van der Waals surface area contributed by atoms with Gasteiger partial charge >= 0.3 is 17.3 Å². The first-order valence-corrected chi connectivity index (χ1v) is 26.2. The molecule has 6 N–H and O–H groups in total. The van der Waals surface area contributed by atoms with E-state index in [0.29, 0.717) is 83.8 Å². The SMILES string of the molecule is C.CN(C)C/C=C/C(=O)N1CCC(Cn2c(=O)n(-c3ccc(Oc4ccccc4)cc3)c3c(N)ncnc32)CC1.CN(C)C/C=C/C(=O)O.Cl.Nc1ncnc2c1n(-c1ccc(Oc3ccccc3)cc1)c(=O)n2CC1CCNCC1. The summed E-state index contributed by atoms with van der Waals surface area (Å²) in [5, 5.41) is 11.5. The zero-order chi connectivity index (χ0) is 55.8. The first-order valence-electron chi connectivity index (χ1n) is 26.2. The number of halogens is 1. The molecular weight excluding hydrogens is 1050 g/mol. The van der Waals surface area contributed by atoms with Crippen LogP contribution in [0.25, 0.3) is 33.7 Å². The van der Waals surface area contributed by atoms with Crippen LogP contribution in [0.5, 0.6) is 23.0 Å². The smallest absolute Gasteiger partial charge is 0.335 e.